The van der Waals surface area contributed by atoms with E-state index in [4.69, 9.17) is 4.74 Å². The summed E-state index contributed by atoms with van der Waals surface area (Å²) in [7, 11) is -3.64. The molecule has 1 fully saturated rings. The summed E-state index contributed by atoms with van der Waals surface area (Å²) in [6.07, 6.45) is 0. The van der Waals surface area contributed by atoms with Gasteiger partial charge in [-0.25, -0.2) is 17.5 Å². The average molecular weight is 392 g/mol. The fraction of sp³-hybridized carbons (Fsp3) is 0.400. The van der Waals surface area contributed by atoms with Crippen molar-refractivity contribution in [3.8, 4) is 0 Å². The number of morpholine rings is 1. The molecule has 0 spiro atoms. The number of hydrogen-bond donors (Lipinski definition) is 1. The summed E-state index contributed by atoms with van der Waals surface area (Å²) in [5.41, 5.74) is 2.61. The van der Waals surface area contributed by atoms with E-state index in [0.717, 1.165) is 11.1 Å². The molecule has 5 nitrogen and oxygen atoms in total. The highest BCUT2D eigenvalue weighted by Gasteiger charge is 2.25. The molecule has 7 heteroatoms. The van der Waals surface area contributed by atoms with Crippen molar-refractivity contribution >= 4 is 10.0 Å². The second-order valence-corrected chi connectivity index (χ2v) is 8.57. The van der Waals surface area contributed by atoms with E-state index in [0.29, 0.717) is 31.9 Å². The highest BCUT2D eigenvalue weighted by Crippen LogP contribution is 2.23. The maximum Gasteiger partial charge on any atom is 0.240 e. The molecule has 1 saturated heterocycles. The number of nitrogens with zero attached hydrogens (tertiary/aromatic N) is 1. The molecule has 1 atom stereocenters. The Morgan fingerprint density at radius 3 is 2.41 bits per heavy atom. The molecule has 2 aromatic carbocycles. The molecule has 0 aromatic heterocycles. The number of aryl methyl sites for hydroxylation is 2. The largest absolute Gasteiger partial charge is 0.379 e. The fourth-order valence-electron chi connectivity index (χ4n) is 3.40. The number of ether oxygens (including phenoxy) is 1. The van der Waals surface area contributed by atoms with E-state index in [9.17, 15) is 12.8 Å². The average Bonchev–Trinajstić information content (AvgIpc) is 2.64. The third kappa shape index (κ3) is 4.93. The van der Waals surface area contributed by atoms with Crippen LogP contribution in [0.5, 0.6) is 0 Å². The summed E-state index contributed by atoms with van der Waals surface area (Å²) < 4.78 is 47.1. The van der Waals surface area contributed by atoms with Crippen LogP contribution in [0.3, 0.4) is 0 Å². The molecule has 0 amide bonds. The normalized spacial score (nSPS) is 17.0. The molecule has 1 aliphatic heterocycles. The topological polar surface area (TPSA) is 58.6 Å². The van der Waals surface area contributed by atoms with Crippen LogP contribution in [0.25, 0.3) is 0 Å². The Kier molecular flexibility index (Phi) is 6.26. The van der Waals surface area contributed by atoms with Crippen LogP contribution in [0, 0.1) is 19.7 Å². The molecular weight excluding hydrogens is 367 g/mol. The monoisotopic (exact) mass is 392 g/mol. The third-order valence-electron chi connectivity index (χ3n) is 4.83. The van der Waals surface area contributed by atoms with Crippen molar-refractivity contribution in [2.75, 3.05) is 32.8 Å². The summed E-state index contributed by atoms with van der Waals surface area (Å²) in [5.74, 6) is -0.310. The Labute approximate surface area is 160 Å². The van der Waals surface area contributed by atoms with Gasteiger partial charge in [-0.15, -0.1) is 0 Å². The molecule has 27 heavy (non-hydrogen) atoms. The van der Waals surface area contributed by atoms with Crippen molar-refractivity contribution < 1.29 is 17.5 Å². The van der Waals surface area contributed by atoms with Gasteiger partial charge in [-0.3, -0.25) is 4.90 Å². The minimum atomic E-state index is -3.64. The van der Waals surface area contributed by atoms with Gasteiger partial charge in [0.25, 0.3) is 0 Å². The smallest absolute Gasteiger partial charge is 0.240 e. The second-order valence-electron chi connectivity index (χ2n) is 6.84. The summed E-state index contributed by atoms with van der Waals surface area (Å²) in [6, 6.07) is 11.3. The fourth-order valence-corrected chi connectivity index (χ4v) is 4.66. The standard InChI is InChI=1S/C20H25FN2O3S/c1-15-3-8-20(16(2)13-15)27(24,25)22-14-19(23-9-11-26-12-10-23)17-4-6-18(21)7-5-17/h3-8,13,19,22H,9-12,14H2,1-2H3. The lowest BCUT2D eigenvalue weighted by Crippen LogP contribution is -2.43. The second kappa shape index (κ2) is 8.48. The number of sulfonamides is 1. The highest BCUT2D eigenvalue weighted by molar-refractivity contribution is 7.89. The van der Waals surface area contributed by atoms with Crippen LogP contribution in [-0.2, 0) is 14.8 Å². The number of hydrogen-bond acceptors (Lipinski definition) is 4. The number of rotatable bonds is 6. The minimum Gasteiger partial charge on any atom is -0.379 e. The summed E-state index contributed by atoms with van der Waals surface area (Å²) in [5, 5.41) is 0. The minimum absolute atomic E-state index is 0.185. The molecule has 0 aliphatic carbocycles. The summed E-state index contributed by atoms with van der Waals surface area (Å²) in [4.78, 5) is 2.45. The number of benzene rings is 2. The number of nitrogens with one attached hydrogen (secondary N) is 1. The molecule has 1 N–H and O–H groups in total. The first-order chi connectivity index (χ1) is 12.9. The Hall–Kier alpha value is -1.80. The van der Waals surface area contributed by atoms with Gasteiger partial charge in [0.1, 0.15) is 5.82 Å². The van der Waals surface area contributed by atoms with Crippen molar-refractivity contribution in [3.63, 3.8) is 0 Å². The van der Waals surface area contributed by atoms with Gasteiger partial charge in [0, 0.05) is 25.7 Å². The van der Waals surface area contributed by atoms with E-state index in [1.165, 1.54) is 12.1 Å². The first-order valence-corrected chi connectivity index (χ1v) is 10.5. The predicted molar refractivity (Wildman–Crippen MR) is 103 cm³/mol. The molecule has 0 saturated carbocycles. The lowest BCUT2D eigenvalue weighted by atomic mass is 10.0. The van der Waals surface area contributed by atoms with Crippen LogP contribution < -0.4 is 4.72 Å². The molecule has 1 aliphatic rings. The molecule has 2 aromatic rings. The maximum absolute atomic E-state index is 13.3. The maximum atomic E-state index is 13.3. The van der Waals surface area contributed by atoms with Crippen molar-refractivity contribution in [1.82, 2.24) is 9.62 Å². The molecule has 3 rings (SSSR count). The summed E-state index contributed by atoms with van der Waals surface area (Å²) >= 11 is 0. The van der Waals surface area contributed by atoms with Gasteiger partial charge in [-0.1, -0.05) is 29.8 Å². The molecule has 0 radical (unpaired) electrons. The van der Waals surface area contributed by atoms with Crippen LogP contribution in [0.4, 0.5) is 4.39 Å². The van der Waals surface area contributed by atoms with E-state index >= 15 is 0 Å². The van der Waals surface area contributed by atoms with Gasteiger partial charge in [-0.2, -0.15) is 0 Å². The van der Waals surface area contributed by atoms with Crippen LogP contribution in [0.2, 0.25) is 0 Å². The van der Waals surface area contributed by atoms with Crippen molar-refractivity contribution in [2.24, 2.45) is 0 Å². The van der Waals surface area contributed by atoms with Crippen LogP contribution in [0.15, 0.2) is 47.4 Å². The molecular formula is C20H25FN2O3S. The molecule has 1 unspecified atom stereocenters. The van der Waals surface area contributed by atoms with Gasteiger partial charge in [-0.05, 0) is 43.2 Å². The highest BCUT2D eigenvalue weighted by atomic mass is 32.2. The predicted octanol–water partition coefficient (Wildman–Crippen LogP) is 2.79. The zero-order chi connectivity index (χ0) is 19.4. The number of halogens is 1. The molecule has 1 heterocycles. The van der Waals surface area contributed by atoms with Crippen LogP contribution >= 0.6 is 0 Å². The van der Waals surface area contributed by atoms with Gasteiger partial charge in [0.2, 0.25) is 10.0 Å². The Morgan fingerprint density at radius 1 is 1.11 bits per heavy atom. The first-order valence-electron chi connectivity index (χ1n) is 9.01. The van der Waals surface area contributed by atoms with E-state index in [1.807, 2.05) is 13.0 Å². The quantitative estimate of drug-likeness (QED) is 0.821. The van der Waals surface area contributed by atoms with Crippen LogP contribution in [0.1, 0.15) is 22.7 Å². The van der Waals surface area contributed by atoms with Crippen molar-refractivity contribution in [1.29, 1.82) is 0 Å². The van der Waals surface area contributed by atoms with Crippen molar-refractivity contribution in [2.45, 2.75) is 24.8 Å². The van der Waals surface area contributed by atoms with Gasteiger partial charge in [0.05, 0.1) is 18.1 Å². The SMILES string of the molecule is Cc1ccc(S(=O)(=O)NCC(c2ccc(F)cc2)N2CCOCC2)c(C)c1. The lowest BCUT2D eigenvalue weighted by Gasteiger charge is -2.35. The Balaban J connectivity index is 1.82. The van der Waals surface area contributed by atoms with Crippen molar-refractivity contribution in [3.05, 3.63) is 65.0 Å². The van der Waals surface area contributed by atoms with Gasteiger partial charge < -0.3 is 4.74 Å². The molecule has 0 bridgehead atoms. The van der Waals surface area contributed by atoms with E-state index in [2.05, 4.69) is 9.62 Å². The zero-order valence-corrected chi connectivity index (χ0v) is 16.4. The molecule has 146 valence electrons. The van der Waals surface area contributed by atoms with Gasteiger partial charge in [0.15, 0.2) is 0 Å². The zero-order valence-electron chi connectivity index (χ0n) is 15.6. The van der Waals surface area contributed by atoms with E-state index < -0.39 is 10.0 Å². The van der Waals surface area contributed by atoms with Crippen LogP contribution in [-0.4, -0.2) is 46.2 Å². The van der Waals surface area contributed by atoms with E-state index in [-0.39, 0.29) is 23.3 Å². The Bertz CT molecular complexity index is 879. The van der Waals surface area contributed by atoms with E-state index in [1.54, 1.807) is 31.2 Å². The van der Waals surface area contributed by atoms with Gasteiger partial charge >= 0.3 is 0 Å². The lowest BCUT2D eigenvalue weighted by molar-refractivity contribution is 0.0172. The Morgan fingerprint density at radius 2 is 1.78 bits per heavy atom. The third-order valence-corrected chi connectivity index (χ3v) is 6.41. The summed E-state index contributed by atoms with van der Waals surface area (Å²) in [6.45, 7) is 6.53. The first kappa shape index (κ1) is 19.9.